The van der Waals surface area contributed by atoms with E-state index in [4.69, 9.17) is 0 Å². The maximum absolute atomic E-state index is 9.84. The van der Waals surface area contributed by atoms with Gasteiger partial charge in [0, 0.05) is 12.8 Å². The number of hydrogen-bond donors (Lipinski definition) is 1. The molecule has 1 N–H and O–H groups in total. The van der Waals surface area contributed by atoms with Crippen molar-refractivity contribution in [2.24, 2.45) is 0 Å². The highest BCUT2D eigenvalue weighted by Gasteiger charge is 1.98. The van der Waals surface area contributed by atoms with E-state index in [2.05, 4.69) is 50.0 Å². The molecule has 0 amide bonds. The van der Waals surface area contributed by atoms with Gasteiger partial charge >= 0.3 is 0 Å². The topological polar surface area (TPSA) is 20.2 Å². The lowest BCUT2D eigenvalue weighted by molar-refractivity contribution is 0.169. The van der Waals surface area contributed by atoms with E-state index in [1.165, 1.54) is 32.1 Å². The summed E-state index contributed by atoms with van der Waals surface area (Å²) in [6.07, 6.45) is 20.3. The Morgan fingerprint density at radius 1 is 0.857 bits per heavy atom. The SMILES string of the molecule is CCCCC#CC/C=C\CC[C@H](O)C/C=C\CCCCC. The molecule has 0 aliphatic heterocycles. The van der Waals surface area contributed by atoms with Crippen LogP contribution in [0.5, 0.6) is 0 Å². The predicted octanol–water partition coefficient (Wildman–Crippen LogP) is 5.79. The fourth-order valence-corrected chi connectivity index (χ4v) is 1.98. The molecule has 21 heavy (non-hydrogen) atoms. The fourth-order valence-electron chi connectivity index (χ4n) is 1.98. The molecule has 0 aliphatic rings. The highest BCUT2D eigenvalue weighted by Crippen LogP contribution is 2.06. The molecular weight excluding hydrogens is 256 g/mol. The lowest BCUT2D eigenvalue weighted by Gasteiger charge is -2.04. The van der Waals surface area contributed by atoms with Crippen LogP contribution in [0.1, 0.15) is 84.5 Å². The average Bonchev–Trinajstić information content (AvgIpc) is 2.49. The zero-order chi connectivity index (χ0) is 15.6. The Kier molecular flexibility index (Phi) is 16.2. The van der Waals surface area contributed by atoms with Crippen molar-refractivity contribution in [3.8, 4) is 11.8 Å². The largest absolute Gasteiger partial charge is 0.393 e. The minimum Gasteiger partial charge on any atom is -0.393 e. The van der Waals surface area contributed by atoms with Crippen LogP contribution in [0, 0.1) is 11.8 Å². The van der Waals surface area contributed by atoms with E-state index in [0.717, 1.165) is 38.5 Å². The summed E-state index contributed by atoms with van der Waals surface area (Å²) in [6, 6.07) is 0. The molecule has 1 atom stereocenters. The third-order valence-corrected chi connectivity index (χ3v) is 3.38. The number of hydrogen-bond acceptors (Lipinski definition) is 1. The van der Waals surface area contributed by atoms with Gasteiger partial charge in [0.25, 0.3) is 0 Å². The molecule has 0 spiro atoms. The van der Waals surface area contributed by atoms with Crippen molar-refractivity contribution in [3.05, 3.63) is 24.3 Å². The second-order valence-corrected chi connectivity index (χ2v) is 5.57. The first kappa shape index (κ1) is 20.0. The minimum atomic E-state index is -0.201. The first-order valence-corrected chi connectivity index (χ1v) is 8.75. The number of aliphatic hydroxyl groups is 1. The molecule has 0 heterocycles. The Balaban J connectivity index is 3.47. The van der Waals surface area contributed by atoms with Gasteiger partial charge in [-0.05, 0) is 38.5 Å². The molecule has 1 heteroatoms. The van der Waals surface area contributed by atoms with E-state index in [-0.39, 0.29) is 6.10 Å². The smallest absolute Gasteiger partial charge is 0.0577 e. The van der Waals surface area contributed by atoms with Crippen molar-refractivity contribution in [2.45, 2.75) is 90.6 Å². The van der Waals surface area contributed by atoms with Gasteiger partial charge in [-0.1, -0.05) is 63.3 Å². The lowest BCUT2D eigenvalue weighted by atomic mass is 10.1. The summed E-state index contributed by atoms with van der Waals surface area (Å²) >= 11 is 0. The Labute approximate surface area is 132 Å². The van der Waals surface area contributed by atoms with Gasteiger partial charge in [0.2, 0.25) is 0 Å². The van der Waals surface area contributed by atoms with Crippen LogP contribution in [0.3, 0.4) is 0 Å². The quantitative estimate of drug-likeness (QED) is 0.274. The molecule has 0 saturated carbocycles. The van der Waals surface area contributed by atoms with E-state index in [1.54, 1.807) is 0 Å². The summed E-state index contributed by atoms with van der Waals surface area (Å²) in [4.78, 5) is 0. The summed E-state index contributed by atoms with van der Waals surface area (Å²) < 4.78 is 0. The van der Waals surface area contributed by atoms with E-state index in [0.29, 0.717) is 0 Å². The summed E-state index contributed by atoms with van der Waals surface area (Å²) in [6.45, 7) is 4.41. The summed E-state index contributed by atoms with van der Waals surface area (Å²) in [5.74, 6) is 6.33. The van der Waals surface area contributed by atoms with Gasteiger partial charge in [-0.2, -0.15) is 0 Å². The van der Waals surface area contributed by atoms with Gasteiger partial charge in [0.15, 0.2) is 0 Å². The average molecular weight is 290 g/mol. The molecule has 0 fully saturated rings. The Hall–Kier alpha value is -1.00. The second kappa shape index (κ2) is 17.1. The van der Waals surface area contributed by atoms with Crippen LogP contribution in [-0.4, -0.2) is 11.2 Å². The standard InChI is InChI=1S/C20H34O/c1-3-5-7-9-11-12-13-15-17-19-20(21)18-16-14-10-8-6-4-2/h13-16,20-21H,3-8,10,12,17-19H2,1-2H3/b15-13-,16-14-/t20-/m1/s1. The van der Waals surface area contributed by atoms with Crippen LogP contribution in [0.4, 0.5) is 0 Å². The monoisotopic (exact) mass is 290 g/mol. The molecule has 0 aromatic rings. The van der Waals surface area contributed by atoms with Crippen LogP contribution in [0.2, 0.25) is 0 Å². The first-order valence-electron chi connectivity index (χ1n) is 8.75. The molecule has 0 saturated heterocycles. The van der Waals surface area contributed by atoms with Crippen LogP contribution in [0.15, 0.2) is 24.3 Å². The van der Waals surface area contributed by atoms with E-state index in [9.17, 15) is 5.11 Å². The molecule has 1 nitrogen and oxygen atoms in total. The second-order valence-electron chi connectivity index (χ2n) is 5.57. The van der Waals surface area contributed by atoms with Crippen LogP contribution >= 0.6 is 0 Å². The van der Waals surface area contributed by atoms with Gasteiger partial charge in [0.05, 0.1) is 6.10 Å². The van der Waals surface area contributed by atoms with E-state index < -0.39 is 0 Å². The van der Waals surface area contributed by atoms with Gasteiger partial charge in [-0.3, -0.25) is 0 Å². The molecule has 0 aromatic heterocycles. The third kappa shape index (κ3) is 16.9. The maximum atomic E-state index is 9.84. The number of aliphatic hydroxyl groups excluding tert-OH is 1. The fraction of sp³-hybridized carbons (Fsp3) is 0.700. The Bertz CT molecular complexity index is 316. The molecule has 0 rings (SSSR count). The Morgan fingerprint density at radius 3 is 2.38 bits per heavy atom. The zero-order valence-electron chi connectivity index (χ0n) is 14.1. The van der Waals surface area contributed by atoms with Crippen molar-refractivity contribution in [2.75, 3.05) is 0 Å². The summed E-state index contributed by atoms with van der Waals surface area (Å²) in [5.41, 5.74) is 0. The minimum absolute atomic E-state index is 0.201. The third-order valence-electron chi connectivity index (χ3n) is 3.38. The number of rotatable bonds is 12. The molecular formula is C20H34O. The van der Waals surface area contributed by atoms with Crippen LogP contribution in [-0.2, 0) is 0 Å². The summed E-state index contributed by atoms with van der Waals surface area (Å²) in [5, 5.41) is 9.84. The van der Waals surface area contributed by atoms with Crippen LogP contribution in [0.25, 0.3) is 0 Å². The van der Waals surface area contributed by atoms with Gasteiger partial charge in [0.1, 0.15) is 0 Å². The molecule has 0 bridgehead atoms. The predicted molar refractivity (Wildman–Crippen MR) is 94.2 cm³/mol. The maximum Gasteiger partial charge on any atom is 0.0577 e. The number of unbranched alkanes of at least 4 members (excludes halogenated alkanes) is 5. The highest BCUT2D eigenvalue weighted by molar-refractivity contribution is 5.04. The highest BCUT2D eigenvalue weighted by atomic mass is 16.3. The molecule has 120 valence electrons. The van der Waals surface area contributed by atoms with Crippen molar-refractivity contribution in [1.82, 2.24) is 0 Å². The van der Waals surface area contributed by atoms with Gasteiger partial charge < -0.3 is 5.11 Å². The Morgan fingerprint density at radius 2 is 1.62 bits per heavy atom. The van der Waals surface area contributed by atoms with Crippen molar-refractivity contribution in [3.63, 3.8) is 0 Å². The lowest BCUT2D eigenvalue weighted by Crippen LogP contribution is -2.03. The molecule has 0 unspecified atom stereocenters. The van der Waals surface area contributed by atoms with E-state index >= 15 is 0 Å². The van der Waals surface area contributed by atoms with Crippen LogP contribution < -0.4 is 0 Å². The zero-order valence-corrected chi connectivity index (χ0v) is 14.1. The normalized spacial score (nSPS) is 12.7. The van der Waals surface area contributed by atoms with Gasteiger partial charge in [-0.25, -0.2) is 0 Å². The molecule has 0 radical (unpaired) electrons. The van der Waals surface area contributed by atoms with Crippen molar-refractivity contribution >= 4 is 0 Å². The van der Waals surface area contributed by atoms with Crippen molar-refractivity contribution in [1.29, 1.82) is 0 Å². The van der Waals surface area contributed by atoms with Gasteiger partial charge in [-0.15, -0.1) is 5.92 Å². The van der Waals surface area contributed by atoms with E-state index in [1.807, 2.05) is 0 Å². The number of allylic oxidation sites excluding steroid dienone is 3. The first-order chi connectivity index (χ1) is 10.3. The van der Waals surface area contributed by atoms with Crippen molar-refractivity contribution < 1.29 is 5.11 Å². The molecule has 0 aliphatic carbocycles. The molecule has 0 aromatic carbocycles. The summed E-state index contributed by atoms with van der Waals surface area (Å²) in [7, 11) is 0.